The highest BCUT2D eigenvalue weighted by molar-refractivity contribution is 5.78. The maximum atomic E-state index is 12.3. The molecule has 1 saturated heterocycles. The molecule has 1 rings (SSSR count). The molecule has 22 heavy (non-hydrogen) atoms. The average molecular weight is 310 g/mol. The second kappa shape index (κ2) is 7.03. The maximum absolute atomic E-state index is 12.3. The fraction of sp³-hybridized carbons (Fsp3) is 0.950. The first-order valence-electron chi connectivity index (χ1n) is 9.21. The molecule has 130 valence electrons. The van der Waals surface area contributed by atoms with Crippen molar-refractivity contribution in [3.05, 3.63) is 0 Å². The van der Waals surface area contributed by atoms with Crippen LogP contribution in [0.25, 0.3) is 0 Å². The summed E-state index contributed by atoms with van der Waals surface area (Å²) in [6, 6.07) is 0. The van der Waals surface area contributed by atoms with Gasteiger partial charge in [-0.1, -0.05) is 48.0 Å². The van der Waals surface area contributed by atoms with Gasteiger partial charge in [0.05, 0.1) is 0 Å². The summed E-state index contributed by atoms with van der Waals surface area (Å²) in [7, 11) is 0. The largest absolute Gasteiger partial charge is 0.311 e. The zero-order chi connectivity index (χ0) is 17.2. The molecule has 0 aromatic carbocycles. The number of ketones is 1. The second-order valence-corrected chi connectivity index (χ2v) is 9.38. The highest BCUT2D eigenvalue weighted by Crippen LogP contribution is 2.44. The van der Waals surface area contributed by atoms with Crippen LogP contribution in [0.4, 0.5) is 0 Å². The van der Waals surface area contributed by atoms with E-state index in [-0.39, 0.29) is 22.3 Å². The molecule has 2 heteroatoms. The molecule has 1 fully saturated rings. The Morgan fingerprint density at radius 3 is 2.14 bits per heavy atom. The Labute approximate surface area is 138 Å². The lowest BCUT2D eigenvalue weighted by molar-refractivity contribution is -0.124. The number of rotatable bonds is 3. The number of hydrogen-bond donors (Lipinski definition) is 1. The lowest BCUT2D eigenvalue weighted by atomic mass is 9.64. The van der Waals surface area contributed by atoms with Crippen molar-refractivity contribution in [2.45, 2.75) is 93.0 Å². The molecule has 2 nitrogen and oxygen atoms in total. The van der Waals surface area contributed by atoms with Crippen molar-refractivity contribution >= 4 is 5.78 Å². The van der Waals surface area contributed by atoms with Crippen LogP contribution in [0.1, 0.15) is 87.5 Å². The van der Waals surface area contributed by atoms with Gasteiger partial charge in [-0.25, -0.2) is 0 Å². The van der Waals surface area contributed by atoms with Gasteiger partial charge >= 0.3 is 0 Å². The zero-order valence-corrected chi connectivity index (χ0v) is 16.3. The lowest BCUT2D eigenvalue weighted by Gasteiger charge is -2.45. The summed E-state index contributed by atoms with van der Waals surface area (Å²) in [4.78, 5) is 12.3. The quantitative estimate of drug-likeness (QED) is 0.775. The third kappa shape index (κ3) is 5.08. The van der Waals surface area contributed by atoms with Crippen LogP contribution in [-0.2, 0) is 4.79 Å². The minimum Gasteiger partial charge on any atom is -0.311 e. The summed E-state index contributed by atoms with van der Waals surface area (Å²) in [6.45, 7) is 19.1. The minimum absolute atomic E-state index is 0.143. The summed E-state index contributed by atoms with van der Waals surface area (Å²) < 4.78 is 0. The van der Waals surface area contributed by atoms with Crippen LogP contribution in [0, 0.1) is 22.7 Å². The Hall–Kier alpha value is -0.370. The van der Waals surface area contributed by atoms with Crippen molar-refractivity contribution in [3.8, 4) is 0 Å². The van der Waals surface area contributed by atoms with E-state index < -0.39 is 0 Å². The van der Waals surface area contributed by atoms with Gasteiger partial charge in [0, 0.05) is 18.0 Å². The summed E-state index contributed by atoms with van der Waals surface area (Å²) in [5.41, 5.74) is 0.670. The zero-order valence-electron chi connectivity index (χ0n) is 16.3. The minimum atomic E-state index is 0.143. The third-order valence-corrected chi connectivity index (χ3v) is 6.23. The SMILES string of the molecule is CC[C@]1(C)CC(C(C)=O)[C@H](C)C[C@](C)(CC)NCC(C)(C)C1. The van der Waals surface area contributed by atoms with E-state index in [1.807, 2.05) is 0 Å². The number of carbonyl (C=O) groups excluding carboxylic acids is 1. The molecule has 0 aliphatic carbocycles. The fourth-order valence-corrected chi connectivity index (χ4v) is 4.48. The molecule has 0 aromatic heterocycles. The Morgan fingerprint density at radius 1 is 1.09 bits per heavy atom. The van der Waals surface area contributed by atoms with Crippen molar-refractivity contribution in [1.82, 2.24) is 5.32 Å². The van der Waals surface area contributed by atoms with Gasteiger partial charge in [-0.2, -0.15) is 0 Å². The van der Waals surface area contributed by atoms with E-state index in [2.05, 4.69) is 53.8 Å². The molecule has 1 aliphatic heterocycles. The predicted molar refractivity (Wildman–Crippen MR) is 96.1 cm³/mol. The van der Waals surface area contributed by atoms with Crippen molar-refractivity contribution in [2.24, 2.45) is 22.7 Å². The van der Waals surface area contributed by atoms with Crippen molar-refractivity contribution in [3.63, 3.8) is 0 Å². The van der Waals surface area contributed by atoms with E-state index in [4.69, 9.17) is 0 Å². The van der Waals surface area contributed by atoms with E-state index in [9.17, 15) is 4.79 Å². The first-order valence-corrected chi connectivity index (χ1v) is 9.21. The van der Waals surface area contributed by atoms with Gasteiger partial charge in [-0.15, -0.1) is 0 Å². The molecule has 0 bridgehead atoms. The molecule has 4 atom stereocenters. The Balaban J connectivity index is 3.16. The van der Waals surface area contributed by atoms with Gasteiger partial charge in [0.2, 0.25) is 0 Å². The summed E-state index contributed by atoms with van der Waals surface area (Å²) in [5.74, 6) is 1.03. The van der Waals surface area contributed by atoms with Gasteiger partial charge in [-0.05, 0) is 56.3 Å². The van der Waals surface area contributed by atoms with Crippen LogP contribution in [0.15, 0.2) is 0 Å². The Kier molecular flexibility index (Phi) is 6.29. The first kappa shape index (κ1) is 19.7. The number of hydrogen-bond acceptors (Lipinski definition) is 2. The molecular formula is C20H39NO. The van der Waals surface area contributed by atoms with E-state index in [1.165, 1.54) is 6.42 Å². The van der Waals surface area contributed by atoms with E-state index >= 15 is 0 Å². The smallest absolute Gasteiger partial charge is 0.133 e. The Bertz CT molecular complexity index is 389. The molecule has 1 aliphatic rings. The van der Waals surface area contributed by atoms with Crippen molar-refractivity contribution in [2.75, 3.05) is 6.54 Å². The van der Waals surface area contributed by atoms with E-state index in [0.29, 0.717) is 11.7 Å². The summed E-state index contributed by atoms with van der Waals surface area (Å²) >= 11 is 0. The molecule has 0 aromatic rings. The van der Waals surface area contributed by atoms with E-state index in [1.54, 1.807) is 6.92 Å². The monoisotopic (exact) mass is 309 g/mol. The molecule has 0 radical (unpaired) electrons. The molecule has 0 amide bonds. The average Bonchev–Trinajstić information content (AvgIpc) is 2.41. The van der Waals surface area contributed by atoms with Gasteiger partial charge in [0.25, 0.3) is 0 Å². The molecule has 0 saturated carbocycles. The highest BCUT2D eigenvalue weighted by atomic mass is 16.1. The fourth-order valence-electron chi connectivity index (χ4n) is 4.48. The van der Waals surface area contributed by atoms with Crippen LogP contribution in [0.2, 0.25) is 0 Å². The molecular weight excluding hydrogens is 270 g/mol. The number of nitrogens with one attached hydrogen (secondary N) is 1. The van der Waals surface area contributed by atoms with Crippen LogP contribution in [0.5, 0.6) is 0 Å². The van der Waals surface area contributed by atoms with Crippen LogP contribution in [0.3, 0.4) is 0 Å². The molecule has 1 heterocycles. The van der Waals surface area contributed by atoms with Crippen LogP contribution in [-0.4, -0.2) is 17.9 Å². The third-order valence-electron chi connectivity index (χ3n) is 6.23. The molecule has 0 spiro atoms. The van der Waals surface area contributed by atoms with Gasteiger partial charge in [-0.3, -0.25) is 4.79 Å². The van der Waals surface area contributed by atoms with E-state index in [0.717, 1.165) is 32.2 Å². The Morgan fingerprint density at radius 2 is 1.68 bits per heavy atom. The van der Waals surface area contributed by atoms with Gasteiger partial charge in [0.1, 0.15) is 5.78 Å². The summed E-state index contributed by atoms with van der Waals surface area (Å²) in [5, 5.41) is 3.85. The summed E-state index contributed by atoms with van der Waals surface area (Å²) in [6.07, 6.45) is 5.58. The predicted octanol–water partition coefficient (Wildman–Crippen LogP) is 5.21. The molecule has 1 unspecified atom stereocenters. The second-order valence-electron chi connectivity index (χ2n) is 9.38. The standard InChI is InChI=1S/C20H39NO/c1-9-19(7)12-17(16(4)22)15(3)11-20(8,10-2)21-14-18(5,6)13-19/h15,17,21H,9-14H2,1-8H3/t15-,17?,19-,20+/m1/s1. The lowest BCUT2D eigenvalue weighted by Crippen LogP contribution is -2.50. The maximum Gasteiger partial charge on any atom is 0.133 e. The van der Waals surface area contributed by atoms with Crippen molar-refractivity contribution < 1.29 is 4.79 Å². The first-order chi connectivity index (χ1) is 9.96. The molecule has 1 N–H and O–H groups in total. The van der Waals surface area contributed by atoms with Gasteiger partial charge in [0.15, 0.2) is 0 Å². The topological polar surface area (TPSA) is 29.1 Å². The van der Waals surface area contributed by atoms with Crippen molar-refractivity contribution in [1.29, 1.82) is 0 Å². The van der Waals surface area contributed by atoms with Crippen LogP contribution >= 0.6 is 0 Å². The van der Waals surface area contributed by atoms with Crippen LogP contribution < -0.4 is 5.32 Å². The number of Topliss-reactive ketones (excluding diaryl/α,β-unsaturated/α-hetero) is 1. The number of carbonyl (C=O) groups is 1. The van der Waals surface area contributed by atoms with Gasteiger partial charge < -0.3 is 5.32 Å². The normalized spacial score (nSPS) is 40.2. The highest BCUT2D eigenvalue weighted by Gasteiger charge is 2.40.